The molecule has 0 unspecified atom stereocenters. The fourth-order valence-corrected chi connectivity index (χ4v) is 1.73. The van der Waals surface area contributed by atoms with E-state index in [4.69, 9.17) is 0 Å². The van der Waals surface area contributed by atoms with Gasteiger partial charge in [0.1, 0.15) is 5.65 Å². The van der Waals surface area contributed by atoms with Crippen molar-refractivity contribution in [3.05, 3.63) is 33.9 Å². The first-order valence-corrected chi connectivity index (χ1v) is 5.14. The van der Waals surface area contributed by atoms with Crippen molar-refractivity contribution in [1.82, 2.24) is 14.6 Å². The van der Waals surface area contributed by atoms with Crippen LogP contribution in [0.25, 0.3) is 5.65 Å². The van der Waals surface area contributed by atoms with Crippen LogP contribution in [-0.4, -0.2) is 14.6 Å². The number of aromatic nitrogens is 3. The zero-order valence-electron chi connectivity index (χ0n) is 9.24. The number of nitrogens with zero attached hydrogens (tertiary/aromatic N) is 2. The van der Waals surface area contributed by atoms with Crippen LogP contribution in [0.5, 0.6) is 0 Å². The third-order valence-corrected chi connectivity index (χ3v) is 2.38. The van der Waals surface area contributed by atoms with Gasteiger partial charge in [0.05, 0.1) is 11.9 Å². The molecule has 2 aromatic heterocycles. The molecule has 80 valence electrons. The maximum Gasteiger partial charge on any atom is 0.251 e. The standard InChI is InChI=1S/C11H15N3O/c1-7(2)4-9-5-10(15)13-11-8(3)6-12-14(9)11/h5-7H,4H2,1-3H3,(H,13,15). The van der Waals surface area contributed by atoms with Gasteiger partial charge in [0, 0.05) is 11.6 Å². The van der Waals surface area contributed by atoms with Crippen molar-refractivity contribution < 1.29 is 0 Å². The molecule has 0 radical (unpaired) electrons. The second-order valence-electron chi connectivity index (χ2n) is 4.31. The quantitative estimate of drug-likeness (QED) is 0.808. The van der Waals surface area contributed by atoms with Gasteiger partial charge >= 0.3 is 0 Å². The van der Waals surface area contributed by atoms with Crippen LogP contribution in [0.3, 0.4) is 0 Å². The Morgan fingerprint density at radius 1 is 1.53 bits per heavy atom. The highest BCUT2D eigenvalue weighted by Crippen LogP contribution is 2.10. The van der Waals surface area contributed by atoms with Gasteiger partial charge in [-0.2, -0.15) is 5.10 Å². The fraction of sp³-hybridized carbons (Fsp3) is 0.455. The predicted octanol–water partition coefficient (Wildman–Crippen LogP) is 1.53. The largest absolute Gasteiger partial charge is 0.307 e. The average molecular weight is 205 g/mol. The van der Waals surface area contributed by atoms with E-state index in [2.05, 4.69) is 23.9 Å². The van der Waals surface area contributed by atoms with Crippen LogP contribution in [0.1, 0.15) is 25.1 Å². The minimum atomic E-state index is -0.0539. The molecule has 0 saturated heterocycles. The molecule has 0 aromatic carbocycles. The molecular weight excluding hydrogens is 190 g/mol. The van der Waals surface area contributed by atoms with Gasteiger partial charge in [-0.1, -0.05) is 13.8 Å². The molecule has 2 heterocycles. The van der Waals surface area contributed by atoms with E-state index in [9.17, 15) is 4.79 Å². The van der Waals surface area contributed by atoms with E-state index >= 15 is 0 Å². The van der Waals surface area contributed by atoms with Crippen molar-refractivity contribution in [3.8, 4) is 0 Å². The minimum absolute atomic E-state index is 0.0539. The van der Waals surface area contributed by atoms with Crippen LogP contribution >= 0.6 is 0 Å². The highest BCUT2D eigenvalue weighted by atomic mass is 16.1. The van der Waals surface area contributed by atoms with Crippen LogP contribution in [0, 0.1) is 12.8 Å². The molecule has 15 heavy (non-hydrogen) atoms. The van der Waals surface area contributed by atoms with Crippen molar-refractivity contribution >= 4 is 5.65 Å². The summed E-state index contributed by atoms with van der Waals surface area (Å²) in [6.07, 6.45) is 2.64. The van der Waals surface area contributed by atoms with Gasteiger partial charge in [-0.25, -0.2) is 4.52 Å². The van der Waals surface area contributed by atoms with E-state index in [0.717, 1.165) is 23.3 Å². The molecule has 0 amide bonds. The van der Waals surface area contributed by atoms with Crippen molar-refractivity contribution in [1.29, 1.82) is 0 Å². The summed E-state index contributed by atoms with van der Waals surface area (Å²) in [5.74, 6) is 0.513. The van der Waals surface area contributed by atoms with Crippen molar-refractivity contribution in [3.63, 3.8) is 0 Å². The minimum Gasteiger partial charge on any atom is -0.307 e. The van der Waals surface area contributed by atoms with Crippen LogP contribution in [0.4, 0.5) is 0 Å². The molecule has 1 N–H and O–H groups in total. The van der Waals surface area contributed by atoms with E-state index in [0.29, 0.717) is 5.92 Å². The number of fused-ring (bicyclic) bond motifs is 1. The first-order valence-electron chi connectivity index (χ1n) is 5.14. The normalized spacial score (nSPS) is 11.5. The zero-order chi connectivity index (χ0) is 11.0. The van der Waals surface area contributed by atoms with Crippen molar-refractivity contribution in [2.24, 2.45) is 5.92 Å². The summed E-state index contributed by atoms with van der Waals surface area (Å²) in [6.45, 7) is 6.20. The van der Waals surface area contributed by atoms with E-state index < -0.39 is 0 Å². The third-order valence-electron chi connectivity index (χ3n) is 2.38. The molecule has 0 aliphatic carbocycles. The Labute approximate surface area is 87.9 Å². The smallest absolute Gasteiger partial charge is 0.251 e. The Balaban J connectivity index is 2.67. The number of hydrogen-bond donors (Lipinski definition) is 1. The van der Waals surface area contributed by atoms with E-state index in [1.165, 1.54) is 0 Å². The van der Waals surface area contributed by atoms with Crippen molar-refractivity contribution in [2.75, 3.05) is 0 Å². The van der Waals surface area contributed by atoms with Gasteiger partial charge in [-0.3, -0.25) is 4.79 Å². The lowest BCUT2D eigenvalue weighted by Gasteiger charge is -2.06. The number of nitrogens with one attached hydrogen (secondary N) is 1. The molecule has 0 spiro atoms. The SMILES string of the molecule is Cc1cnn2c(CC(C)C)cc(=O)[nH]c12. The van der Waals surface area contributed by atoms with E-state index in [1.807, 2.05) is 11.4 Å². The predicted molar refractivity (Wildman–Crippen MR) is 59.1 cm³/mol. The maximum absolute atomic E-state index is 11.4. The van der Waals surface area contributed by atoms with Gasteiger partial charge < -0.3 is 4.98 Å². The van der Waals surface area contributed by atoms with Crippen LogP contribution in [0.2, 0.25) is 0 Å². The van der Waals surface area contributed by atoms with Crippen LogP contribution in [0.15, 0.2) is 17.1 Å². The van der Waals surface area contributed by atoms with Gasteiger partial charge in [0.2, 0.25) is 0 Å². The summed E-state index contributed by atoms with van der Waals surface area (Å²) in [4.78, 5) is 14.2. The van der Waals surface area contributed by atoms with Gasteiger partial charge in [-0.05, 0) is 19.3 Å². The Kier molecular flexibility index (Phi) is 2.34. The lowest BCUT2D eigenvalue weighted by Crippen LogP contribution is -2.13. The summed E-state index contributed by atoms with van der Waals surface area (Å²) < 4.78 is 1.82. The summed E-state index contributed by atoms with van der Waals surface area (Å²) >= 11 is 0. The summed E-state index contributed by atoms with van der Waals surface area (Å²) in [5.41, 5.74) is 2.72. The first-order chi connectivity index (χ1) is 7.08. The lowest BCUT2D eigenvalue weighted by molar-refractivity contribution is 0.618. The average Bonchev–Trinajstić information content (AvgIpc) is 2.47. The third kappa shape index (κ3) is 1.79. The van der Waals surface area contributed by atoms with Gasteiger partial charge in [0.15, 0.2) is 0 Å². The number of H-pyrrole nitrogens is 1. The van der Waals surface area contributed by atoms with Crippen LogP contribution in [-0.2, 0) is 6.42 Å². The zero-order valence-corrected chi connectivity index (χ0v) is 9.24. The molecule has 0 bridgehead atoms. The summed E-state index contributed by atoms with van der Waals surface area (Å²) in [6, 6.07) is 1.62. The van der Waals surface area contributed by atoms with E-state index in [1.54, 1.807) is 12.3 Å². The molecule has 0 atom stereocenters. The Morgan fingerprint density at radius 3 is 2.93 bits per heavy atom. The Bertz CT molecular complexity index is 536. The van der Waals surface area contributed by atoms with Crippen molar-refractivity contribution in [2.45, 2.75) is 27.2 Å². The molecule has 4 heteroatoms. The molecule has 0 aliphatic heterocycles. The number of hydrogen-bond acceptors (Lipinski definition) is 2. The van der Waals surface area contributed by atoms with Gasteiger partial charge in [-0.15, -0.1) is 0 Å². The van der Waals surface area contributed by atoms with Crippen LogP contribution < -0.4 is 5.56 Å². The molecule has 0 fully saturated rings. The number of rotatable bonds is 2. The highest BCUT2D eigenvalue weighted by Gasteiger charge is 2.07. The monoisotopic (exact) mass is 205 g/mol. The summed E-state index contributed by atoms with van der Waals surface area (Å²) in [7, 11) is 0. The van der Waals surface area contributed by atoms with E-state index in [-0.39, 0.29) is 5.56 Å². The second-order valence-corrected chi connectivity index (χ2v) is 4.31. The highest BCUT2D eigenvalue weighted by molar-refractivity contribution is 5.45. The lowest BCUT2D eigenvalue weighted by atomic mass is 10.1. The van der Waals surface area contributed by atoms with Gasteiger partial charge in [0.25, 0.3) is 5.56 Å². The first kappa shape index (κ1) is 9.96. The number of aromatic amines is 1. The summed E-state index contributed by atoms with van der Waals surface area (Å²) in [5, 5.41) is 4.26. The second kappa shape index (κ2) is 3.53. The Morgan fingerprint density at radius 2 is 2.27 bits per heavy atom. The molecular formula is C11H15N3O. The molecule has 4 nitrogen and oxygen atoms in total. The molecule has 0 aliphatic rings. The number of aryl methyl sites for hydroxylation is 1. The topological polar surface area (TPSA) is 50.2 Å². The molecule has 2 aromatic rings. The molecule has 2 rings (SSSR count). The molecule has 0 saturated carbocycles. The Hall–Kier alpha value is -1.58. The fourth-order valence-electron chi connectivity index (χ4n) is 1.73. The maximum atomic E-state index is 11.4.